The third kappa shape index (κ3) is 5.58. The summed E-state index contributed by atoms with van der Waals surface area (Å²) in [7, 11) is 0. The lowest BCUT2D eigenvalue weighted by molar-refractivity contribution is 0.667. The number of aromatic nitrogens is 6. The van der Waals surface area contributed by atoms with E-state index in [1.54, 1.807) is 0 Å². The van der Waals surface area contributed by atoms with E-state index >= 15 is 0 Å². The lowest BCUT2D eigenvalue weighted by atomic mass is 10.0. The molecule has 0 aliphatic carbocycles. The smallest absolute Gasteiger partial charge is 0.238 e. The Balaban J connectivity index is 1.04. The zero-order valence-electron chi connectivity index (χ0n) is 33.5. The van der Waals surface area contributed by atoms with E-state index in [9.17, 15) is 0 Å². The van der Waals surface area contributed by atoms with Gasteiger partial charge in [0.1, 0.15) is 28.0 Å². The van der Waals surface area contributed by atoms with Crippen molar-refractivity contribution in [1.82, 2.24) is 29.5 Å². The number of fused-ring (bicyclic) bond motifs is 9. The number of furan rings is 2. The van der Waals surface area contributed by atoms with Crippen LogP contribution in [0.15, 0.2) is 203 Å². The fourth-order valence-electron chi connectivity index (χ4n) is 9.01. The fourth-order valence-corrected chi connectivity index (χ4v) is 9.01. The van der Waals surface area contributed by atoms with Crippen molar-refractivity contribution in [1.29, 1.82) is 0 Å². The van der Waals surface area contributed by atoms with Gasteiger partial charge in [-0.3, -0.25) is 4.57 Å². The molecule has 8 heteroatoms. The summed E-state index contributed by atoms with van der Waals surface area (Å²) in [5.41, 5.74) is 11.9. The topological polar surface area (TPSA) is 95.7 Å². The van der Waals surface area contributed by atoms with Crippen molar-refractivity contribution in [2.75, 3.05) is 0 Å². The van der Waals surface area contributed by atoms with Gasteiger partial charge in [-0.1, -0.05) is 152 Å². The highest BCUT2D eigenvalue weighted by Gasteiger charge is 2.24. The standard InChI is InChI=1S/C55H32N6O2/c1-4-16-33(17-5-1)36-30-31-44-42(32-36)37-22-10-12-27-43(37)61(44)55-59-52(35-20-8-3-9-21-35)58-54(60-55)41-26-14-24-39-47-40(25-15-29-46(47)63-50(39)41)53-56-48(34-18-6-2-7-19-34)51-49(57-53)38-23-11-13-28-45(38)62-51/h1-32H. The Morgan fingerprint density at radius 2 is 0.952 bits per heavy atom. The van der Waals surface area contributed by atoms with Crippen LogP contribution in [-0.4, -0.2) is 29.5 Å². The highest BCUT2D eigenvalue weighted by molar-refractivity contribution is 6.16. The minimum Gasteiger partial charge on any atom is -0.455 e. The second-order valence-corrected chi connectivity index (χ2v) is 15.6. The molecule has 13 aromatic rings. The summed E-state index contributed by atoms with van der Waals surface area (Å²) in [5, 5.41) is 4.95. The number of rotatable bonds is 6. The normalized spacial score (nSPS) is 11.8. The van der Waals surface area contributed by atoms with Gasteiger partial charge in [-0.05, 0) is 53.6 Å². The van der Waals surface area contributed by atoms with E-state index in [1.807, 2.05) is 115 Å². The van der Waals surface area contributed by atoms with Crippen molar-refractivity contribution < 1.29 is 8.83 Å². The predicted octanol–water partition coefficient (Wildman–Crippen LogP) is 13.9. The molecule has 0 N–H and O–H groups in total. The van der Waals surface area contributed by atoms with Gasteiger partial charge in [0.2, 0.25) is 5.95 Å². The van der Waals surface area contributed by atoms with Crippen LogP contribution in [0, 0.1) is 0 Å². The van der Waals surface area contributed by atoms with Crippen molar-refractivity contribution in [3.8, 4) is 62.5 Å². The van der Waals surface area contributed by atoms with Gasteiger partial charge in [0.05, 0.1) is 16.6 Å². The molecule has 0 fully saturated rings. The summed E-state index contributed by atoms with van der Waals surface area (Å²) >= 11 is 0. The van der Waals surface area contributed by atoms with Gasteiger partial charge in [0.25, 0.3) is 0 Å². The Morgan fingerprint density at radius 1 is 0.349 bits per heavy atom. The molecule has 8 nitrogen and oxygen atoms in total. The molecule has 0 aliphatic heterocycles. The van der Waals surface area contributed by atoms with E-state index < -0.39 is 0 Å². The van der Waals surface area contributed by atoms with Gasteiger partial charge in [0, 0.05) is 43.6 Å². The molecule has 13 rings (SSSR count). The number of hydrogen-bond acceptors (Lipinski definition) is 7. The van der Waals surface area contributed by atoms with Gasteiger partial charge in [-0.25, -0.2) is 15.0 Å². The van der Waals surface area contributed by atoms with Crippen molar-refractivity contribution in [2.24, 2.45) is 0 Å². The molecule has 0 radical (unpaired) electrons. The number of para-hydroxylation sites is 3. The van der Waals surface area contributed by atoms with Gasteiger partial charge in [-0.15, -0.1) is 0 Å². The Kier molecular flexibility index (Phi) is 7.74. The first-order valence-electron chi connectivity index (χ1n) is 20.8. The van der Waals surface area contributed by atoms with Crippen molar-refractivity contribution in [3.63, 3.8) is 0 Å². The van der Waals surface area contributed by atoms with Crippen LogP contribution in [0.1, 0.15) is 0 Å². The molecule has 8 aromatic carbocycles. The first-order valence-corrected chi connectivity index (χ1v) is 20.8. The molecule has 0 unspecified atom stereocenters. The van der Waals surface area contributed by atoms with Crippen LogP contribution in [0.4, 0.5) is 0 Å². The maximum atomic E-state index is 6.85. The Morgan fingerprint density at radius 3 is 1.78 bits per heavy atom. The zero-order chi connectivity index (χ0) is 41.4. The summed E-state index contributed by atoms with van der Waals surface area (Å²) in [4.78, 5) is 26.1. The molecular weight excluding hydrogens is 777 g/mol. The molecule has 0 saturated carbocycles. The number of nitrogens with zero attached hydrogens (tertiary/aromatic N) is 6. The third-order valence-corrected chi connectivity index (χ3v) is 11.9. The zero-order valence-corrected chi connectivity index (χ0v) is 33.5. The van der Waals surface area contributed by atoms with Crippen LogP contribution in [-0.2, 0) is 0 Å². The van der Waals surface area contributed by atoms with E-state index in [1.165, 1.54) is 0 Å². The second kappa shape index (κ2) is 13.9. The Bertz CT molecular complexity index is 3910. The van der Waals surface area contributed by atoms with E-state index in [0.29, 0.717) is 40.2 Å². The Labute approximate surface area is 359 Å². The van der Waals surface area contributed by atoms with Gasteiger partial charge >= 0.3 is 0 Å². The minimum absolute atomic E-state index is 0.491. The highest BCUT2D eigenvalue weighted by Crippen LogP contribution is 2.42. The maximum Gasteiger partial charge on any atom is 0.238 e. The summed E-state index contributed by atoms with van der Waals surface area (Å²) in [6, 6.07) is 65.8. The molecule has 0 bridgehead atoms. The van der Waals surface area contributed by atoms with Crippen LogP contribution in [0.3, 0.4) is 0 Å². The summed E-state index contributed by atoms with van der Waals surface area (Å²) < 4.78 is 15.4. The van der Waals surface area contributed by atoms with Crippen molar-refractivity contribution in [3.05, 3.63) is 194 Å². The molecule has 0 atom stereocenters. The quantitative estimate of drug-likeness (QED) is 0.165. The van der Waals surface area contributed by atoms with Crippen LogP contribution >= 0.6 is 0 Å². The van der Waals surface area contributed by atoms with E-state index in [2.05, 4.69) is 83.4 Å². The summed E-state index contributed by atoms with van der Waals surface area (Å²) in [6.07, 6.45) is 0. The fraction of sp³-hybridized carbons (Fsp3) is 0. The first kappa shape index (κ1) is 35.0. The molecule has 0 amide bonds. The van der Waals surface area contributed by atoms with Crippen LogP contribution < -0.4 is 0 Å². The monoisotopic (exact) mass is 808 g/mol. The average Bonchev–Trinajstić information content (AvgIpc) is 4.04. The van der Waals surface area contributed by atoms with Crippen LogP contribution in [0.25, 0.3) is 128 Å². The molecule has 5 heterocycles. The lowest BCUT2D eigenvalue weighted by Crippen LogP contribution is -2.06. The minimum atomic E-state index is 0.491. The van der Waals surface area contributed by atoms with E-state index in [0.717, 1.165) is 88.1 Å². The van der Waals surface area contributed by atoms with E-state index in [4.69, 9.17) is 33.8 Å². The molecule has 63 heavy (non-hydrogen) atoms. The maximum absolute atomic E-state index is 6.85. The molecule has 0 saturated heterocycles. The lowest BCUT2D eigenvalue weighted by Gasteiger charge is -2.11. The number of benzene rings is 8. The summed E-state index contributed by atoms with van der Waals surface area (Å²) in [5.74, 6) is 2.13. The third-order valence-electron chi connectivity index (χ3n) is 11.9. The largest absolute Gasteiger partial charge is 0.455 e. The second-order valence-electron chi connectivity index (χ2n) is 15.6. The Hall–Kier alpha value is -8.75. The number of hydrogen-bond donors (Lipinski definition) is 0. The highest BCUT2D eigenvalue weighted by atomic mass is 16.3. The molecule has 0 spiro atoms. The SMILES string of the molecule is c1ccc(-c2ccc3c(c2)c2ccccc2n3-c2nc(-c3ccccc3)nc(-c3cccc4c3oc3cccc(-c5nc(-c6ccccc6)c6oc7ccccc7c6n5)c34)n2)cc1. The van der Waals surface area contributed by atoms with Crippen molar-refractivity contribution >= 4 is 65.8 Å². The van der Waals surface area contributed by atoms with Crippen molar-refractivity contribution in [2.45, 2.75) is 0 Å². The molecule has 5 aromatic heterocycles. The summed E-state index contributed by atoms with van der Waals surface area (Å²) in [6.45, 7) is 0. The van der Waals surface area contributed by atoms with Crippen LogP contribution in [0.2, 0.25) is 0 Å². The first-order chi connectivity index (χ1) is 31.2. The molecule has 0 aliphatic rings. The predicted molar refractivity (Wildman–Crippen MR) is 251 cm³/mol. The van der Waals surface area contributed by atoms with E-state index in [-0.39, 0.29) is 0 Å². The molecular formula is C55H32N6O2. The van der Waals surface area contributed by atoms with Crippen LogP contribution in [0.5, 0.6) is 0 Å². The van der Waals surface area contributed by atoms with Gasteiger partial charge < -0.3 is 8.83 Å². The average molecular weight is 809 g/mol. The molecule has 294 valence electrons. The van der Waals surface area contributed by atoms with Gasteiger partial charge in [0.15, 0.2) is 23.1 Å². The van der Waals surface area contributed by atoms with Gasteiger partial charge in [-0.2, -0.15) is 9.97 Å².